The van der Waals surface area contributed by atoms with Gasteiger partial charge in [-0.05, 0) is 36.0 Å². The zero-order valence-electron chi connectivity index (χ0n) is 11.7. The summed E-state index contributed by atoms with van der Waals surface area (Å²) in [4.78, 5) is 24.8. The summed E-state index contributed by atoms with van der Waals surface area (Å²) in [5.41, 5.74) is 1.31. The molecule has 22 heavy (non-hydrogen) atoms. The number of fused-ring (bicyclic) bond motifs is 5. The van der Waals surface area contributed by atoms with Gasteiger partial charge in [-0.1, -0.05) is 24.3 Å². The van der Waals surface area contributed by atoms with Gasteiger partial charge in [0, 0.05) is 0 Å². The lowest BCUT2D eigenvalue weighted by molar-refractivity contribution is -0.140. The number of rotatable bonds is 2. The van der Waals surface area contributed by atoms with Crippen LogP contribution in [0, 0.1) is 35.0 Å². The van der Waals surface area contributed by atoms with Crippen molar-refractivity contribution in [2.75, 3.05) is 0 Å². The summed E-state index contributed by atoms with van der Waals surface area (Å²) in [5, 5.41) is 13.9. The van der Waals surface area contributed by atoms with Crippen LogP contribution in [0.15, 0.2) is 41.5 Å². The lowest BCUT2D eigenvalue weighted by atomic mass is 9.85. The third kappa shape index (κ3) is 1.74. The van der Waals surface area contributed by atoms with E-state index in [1.54, 1.807) is 24.3 Å². The van der Waals surface area contributed by atoms with Crippen molar-refractivity contribution in [2.24, 2.45) is 28.8 Å². The highest BCUT2D eigenvalue weighted by molar-refractivity contribution is 6.06. The van der Waals surface area contributed by atoms with Crippen molar-refractivity contribution < 1.29 is 9.59 Å². The summed E-state index contributed by atoms with van der Waals surface area (Å²) < 4.78 is 0. The first-order valence-electron chi connectivity index (χ1n) is 7.29. The summed E-state index contributed by atoms with van der Waals surface area (Å²) in [6.45, 7) is 0. The van der Waals surface area contributed by atoms with Gasteiger partial charge in [0.15, 0.2) is 0 Å². The Labute approximate surface area is 127 Å². The van der Waals surface area contributed by atoms with Crippen molar-refractivity contribution in [1.82, 2.24) is 5.01 Å². The monoisotopic (exact) mass is 291 g/mol. The standard InChI is InChI=1S/C17H13N3O2/c18-8-10-1-3-11(4-2-10)9-19-20-16(21)14-12-5-6-13(7-12)15(14)17(20)22/h1-6,9,12-15H,7H2/b19-9-/t12-,13-,14-,15-/m0/s1. The molecule has 0 N–H and O–H groups in total. The number of nitriles is 1. The maximum absolute atomic E-state index is 12.4. The normalized spacial score (nSPS) is 32.0. The molecule has 2 aliphatic carbocycles. The molecule has 5 heteroatoms. The van der Waals surface area contributed by atoms with Gasteiger partial charge in [-0.3, -0.25) is 9.59 Å². The molecule has 4 rings (SSSR count). The van der Waals surface area contributed by atoms with Gasteiger partial charge in [0.1, 0.15) is 0 Å². The fraction of sp³-hybridized carbons (Fsp3) is 0.294. The highest BCUT2D eigenvalue weighted by Gasteiger charge is 2.59. The van der Waals surface area contributed by atoms with Gasteiger partial charge in [0.05, 0.1) is 29.7 Å². The van der Waals surface area contributed by atoms with Gasteiger partial charge in [0.2, 0.25) is 0 Å². The van der Waals surface area contributed by atoms with Crippen LogP contribution in [0.4, 0.5) is 0 Å². The number of hydrogen-bond acceptors (Lipinski definition) is 4. The zero-order chi connectivity index (χ0) is 15.3. The van der Waals surface area contributed by atoms with Crippen molar-refractivity contribution in [2.45, 2.75) is 6.42 Å². The molecule has 1 saturated heterocycles. The average Bonchev–Trinajstić information content (AvgIpc) is 3.21. The number of allylic oxidation sites excluding steroid dienone is 2. The van der Waals surface area contributed by atoms with E-state index in [2.05, 4.69) is 17.3 Å². The smallest absolute Gasteiger partial charge is 0.254 e. The minimum Gasteiger partial charge on any atom is -0.272 e. The van der Waals surface area contributed by atoms with E-state index in [1.807, 2.05) is 6.07 Å². The fourth-order valence-corrected chi connectivity index (χ4v) is 3.77. The molecular formula is C17H13N3O2. The summed E-state index contributed by atoms with van der Waals surface area (Å²) in [6, 6.07) is 8.86. The summed E-state index contributed by atoms with van der Waals surface area (Å²) >= 11 is 0. The van der Waals surface area contributed by atoms with E-state index < -0.39 is 0 Å². The van der Waals surface area contributed by atoms with E-state index in [-0.39, 0.29) is 35.5 Å². The van der Waals surface area contributed by atoms with E-state index in [1.165, 1.54) is 6.21 Å². The van der Waals surface area contributed by atoms with Crippen molar-refractivity contribution >= 4 is 18.0 Å². The van der Waals surface area contributed by atoms with Gasteiger partial charge in [-0.25, -0.2) is 0 Å². The largest absolute Gasteiger partial charge is 0.272 e. The Kier molecular flexibility index (Phi) is 2.73. The molecule has 0 unspecified atom stereocenters. The van der Waals surface area contributed by atoms with Crippen molar-refractivity contribution in [3.63, 3.8) is 0 Å². The Hall–Kier alpha value is -2.74. The van der Waals surface area contributed by atoms with Crippen molar-refractivity contribution in [1.29, 1.82) is 5.26 Å². The quantitative estimate of drug-likeness (QED) is 0.473. The topological polar surface area (TPSA) is 73.5 Å². The van der Waals surface area contributed by atoms with Crippen LogP contribution in [0.2, 0.25) is 0 Å². The molecule has 2 fully saturated rings. The zero-order valence-corrected chi connectivity index (χ0v) is 11.7. The minimum atomic E-state index is -0.222. The van der Waals surface area contributed by atoms with Gasteiger partial charge < -0.3 is 0 Å². The molecule has 1 aromatic carbocycles. The third-order valence-electron chi connectivity index (χ3n) is 4.81. The molecule has 4 atom stereocenters. The Morgan fingerprint density at radius 3 is 2.23 bits per heavy atom. The molecule has 0 spiro atoms. The number of hydrogen-bond donors (Lipinski definition) is 0. The van der Waals surface area contributed by atoms with E-state index in [0.717, 1.165) is 17.0 Å². The van der Waals surface area contributed by atoms with Crippen LogP contribution in [-0.2, 0) is 9.59 Å². The molecule has 5 nitrogen and oxygen atoms in total. The van der Waals surface area contributed by atoms with Crippen LogP contribution in [0.1, 0.15) is 17.5 Å². The highest BCUT2D eigenvalue weighted by Crippen LogP contribution is 2.52. The van der Waals surface area contributed by atoms with Crippen LogP contribution in [-0.4, -0.2) is 23.0 Å². The summed E-state index contributed by atoms with van der Waals surface area (Å²) in [5.74, 6) is -0.419. The van der Waals surface area contributed by atoms with Gasteiger partial charge >= 0.3 is 0 Å². The molecule has 0 aromatic heterocycles. The predicted molar refractivity (Wildman–Crippen MR) is 78.3 cm³/mol. The maximum Gasteiger partial charge on any atom is 0.254 e. The predicted octanol–water partition coefficient (Wildman–Crippen LogP) is 1.70. The second-order valence-electron chi connectivity index (χ2n) is 5.97. The molecule has 3 aliphatic rings. The average molecular weight is 291 g/mol. The van der Waals surface area contributed by atoms with E-state index >= 15 is 0 Å². The number of carbonyl (C=O) groups excluding carboxylic acids is 2. The summed E-state index contributed by atoms with van der Waals surface area (Å²) in [6.07, 6.45) is 6.53. The Morgan fingerprint density at radius 2 is 1.68 bits per heavy atom. The lowest BCUT2D eigenvalue weighted by Crippen LogP contribution is -2.28. The third-order valence-corrected chi connectivity index (χ3v) is 4.81. The molecule has 1 saturated carbocycles. The number of imide groups is 1. The maximum atomic E-state index is 12.4. The molecular weight excluding hydrogens is 278 g/mol. The van der Waals surface area contributed by atoms with Crippen LogP contribution < -0.4 is 0 Å². The van der Waals surface area contributed by atoms with E-state index in [0.29, 0.717) is 5.56 Å². The number of hydrazone groups is 1. The number of carbonyl (C=O) groups is 2. The van der Waals surface area contributed by atoms with Crippen LogP contribution in [0.5, 0.6) is 0 Å². The summed E-state index contributed by atoms with van der Waals surface area (Å²) in [7, 11) is 0. The Bertz CT molecular complexity index is 727. The minimum absolute atomic E-state index is 0.184. The first-order chi connectivity index (χ1) is 10.7. The lowest BCUT2D eigenvalue weighted by Gasteiger charge is -2.13. The number of amides is 2. The van der Waals surface area contributed by atoms with Gasteiger partial charge in [0.25, 0.3) is 11.8 Å². The van der Waals surface area contributed by atoms with Gasteiger partial charge in [-0.2, -0.15) is 15.4 Å². The Balaban J connectivity index is 1.56. The van der Waals surface area contributed by atoms with E-state index in [9.17, 15) is 9.59 Å². The van der Waals surface area contributed by atoms with Crippen molar-refractivity contribution in [3.05, 3.63) is 47.5 Å². The SMILES string of the molecule is N#Cc1ccc(/C=N\N2C(=O)[C@@H]3[C@@H](C2=O)[C@H]2C=C[C@H]3C2)cc1. The second kappa shape index (κ2) is 4.63. The molecule has 1 aliphatic heterocycles. The molecule has 0 radical (unpaired) electrons. The molecule has 2 bridgehead atoms. The van der Waals surface area contributed by atoms with Crippen molar-refractivity contribution in [3.8, 4) is 6.07 Å². The van der Waals surface area contributed by atoms with Gasteiger partial charge in [-0.15, -0.1) is 0 Å². The van der Waals surface area contributed by atoms with Crippen LogP contribution >= 0.6 is 0 Å². The van der Waals surface area contributed by atoms with Crippen LogP contribution in [0.3, 0.4) is 0 Å². The number of benzene rings is 1. The first kappa shape index (κ1) is 13.0. The first-order valence-corrected chi connectivity index (χ1v) is 7.29. The molecule has 1 aromatic rings. The highest BCUT2D eigenvalue weighted by atomic mass is 16.2. The molecule has 1 heterocycles. The molecule has 2 amide bonds. The molecule has 108 valence electrons. The Morgan fingerprint density at radius 1 is 1.09 bits per heavy atom. The second-order valence-corrected chi connectivity index (χ2v) is 5.97. The fourth-order valence-electron chi connectivity index (χ4n) is 3.77. The van der Waals surface area contributed by atoms with E-state index in [4.69, 9.17) is 5.26 Å². The number of nitrogens with zero attached hydrogens (tertiary/aromatic N) is 3. The van der Waals surface area contributed by atoms with Crippen LogP contribution in [0.25, 0.3) is 0 Å².